The fourth-order valence-electron chi connectivity index (χ4n) is 2.53. The number of anilines is 1. The number of nitrogens with zero attached hydrogens (tertiary/aromatic N) is 1. The van der Waals surface area contributed by atoms with Crippen LogP contribution in [0.4, 0.5) is 10.1 Å². The van der Waals surface area contributed by atoms with Crippen molar-refractivity contribution in [3.63, 3.8) is 0 Å². The summed E-state index contributed by atoms with van der Waals surface area (Å²) >= 11 is 0. The highest BCUT2D eigenvalue weighted by Gasteiger charge is 2.33. The molecule has 1 aliphatic heterocycles. The number of hydrogen-bond donors (Lipinski definition) is 1. The molecule has 0 saturated heterocycles. The van der Waals surface area contributed by atoms with Crippen molar-refractivity contribution in [2.45, 2.75) is 26.0 Å². The fourth-order valence-corrected chi connectivity index (χ4v) is 2.53. The molecule has 1 N–H and O–H groups in total. The lowest BCUT2D eigenvalue weighted by molar-refractivity contribution is -0.126. The largest absolute Gasteiger partial charge is 0.508 e. The van der Waals surface area contributed by atoms with Gasteiger partial charge in [-0.25, -0.2) is 4.39 Å². The molecule has 1 atom stereocenters. The summed E-state index contributed by atoms with van der Waals surface area (Å²) in [4.78, 5) is 14.0. The minimum Gasteiger partial charge on any atom is -0.508 e. The first-order chi connectivity index (χ1) is 10.6. The van der Waals surface area contributed by atoms with Crippen LogP contribution < -0.4 is 9.64 Å². The number of aromatic hydroxyl groups is 1. The van der Waals surface area contributed by atoms with E-state index in [2.05, 4.69) is 0 Å². The van der Waals surface area contributed by atoms with Crippen molar-refractivity contribution in [1.29, 1.82) is 0 Å². The van der Waals surface area contributed by atoms with Gasteiger partial charge in [-0.05, 0) is 24.6 Å². The van der Waals surface area contributed by atoms with Crippen LogP contribution in [0.5, 0.6) is 11.5 Å². The molecular formula is C17H16FNO3. The van der Waals surface area contributed by atoms with E-state index in [4.69, 9.17) is 4.74 Å². The third kappa shape index (κ3) is 2.50. The maximum atomic E-state index is 13.9. The normalized spacial score (nSPS) is 17.1. The third-order valence-electron chi connectivity index (χ3n) is 3.70. The molecule has 0 bridgehead atoms. The predicted molar refractivity (Wildman–Crippen MR) is 80.4 cm³/mol. The van der Waals surface area contributed by atoms with Gasteiger partial charge in [-0.3, -0.25) is 4.79 Å². The van der Waals surface area contributed by atoms with Gasteiger partial charge in [0, 0.05) is 11.6 Å². The Morgan fingerprint density at radius 3 is 2.77 bits per heavy atom. The lowest BCUT2D eigenvalue weighted by Crippen LogP contribution is -2.45. The zero-order valence-corrected chi connectivity index (χ0v) is 12.1. The van der Waals surface area contributed by atoms with E-state index in [1.165, 1.54) is 23.1 Å². The Morgan fingerprint density at radius 2 is 2.05 bits per heavy atom. The highest BCUT2D eigenvalue weighted by Crippen LogP contribution is 2.38. The van der Waals surface area contributed by atoms with E-state index < -0.39 is 6.10 Å². The molecule has 0 radical (unpaired) electrons. The molecular weight excluding hydrogens is 285 g/mol. The summed E-state index contributed by atoms with van der Waals surface area (Å²) in [5.41, 5.74) is 0.875. The van der Waals surface area contributed by atoms with Crippen molar-refractivity contribution in [2.75, 3.05) is 4.90 Å². The number of phenols is 1. The second-order valence-corrected chi connectivity index (χ2v) is 5.18. The van der Waals surface area contributed by atoms with Crippen LogP contribution in [0.15, 0.2) is 42.5 Å². The van der Waals surface area contributed by atoms with Crippen LogP contribution in [0.3, 0.4) is 0 Å². The summed E-state index contributed by atoms with van der Waals surface area (Å²) in [6, 6.07) is 10.9. The summed E-state index contributed by atoms with van der Waals surface area (Å²) < 4.78 is 19.5. The van der Waals surface area contributed by atoms with E-state index in [0.29, 0.717) is 23.4 Å². The first-order valence-corrected chi connectivity index (χ1v) is 7.14. The SMILES string of the molecule is CCC1Oc2ccc(O)cc2N(Cc2ccccc2F)C1=O. The van der Waals surface area contributed by atoms with Crippen LogP contribution >= 0.6 is 0 Å². The summed E-state index contributed by atoms with van der Waals surface area (Å²) in [6.45, 7) is 1.96. The number of carbonyl (C=O) groups is 1. The number of hydrogen-bond acceptors (Lipinski definition) is 3. The quantitative estimate of drug-likeness (QED) is 0.947. The van der Waals surface area contributed by atoms with Crippen LogP contribution in [-0.4, -0.2) is 17.1 Å². The van der Waals surface area contributed by atoms with Crippen LogP contribution in [0, 0.1) is 5.82 Å². The summed E-state index contributed by atoms with van der Waals surface area (Å²) in [6.07, 6.45) is -0.0729. The number of halogens is 1. The van der Waals surface area contributed by atoms with E-state index in [0.717, 1.165) is 0 Å². The molecule has 0 fully saturated rings. The van der Waals surface area contributed by atoms with E-state index >= 15 is 0 Å². The number of amides is 1. The van der Waals surface area contributed by atoms with Gasteiger partial charge in [-0.1, -0.05) is 25.1 Å². The summed E-state index contributed by atoms with van der Waals surface area (Å²) in [5.74, 6) is -0.0513. The van der Waals surface area contributed by atoms with Crippen LogP contribution in [0.25, 0.3) is 0 Å². The number of benzene rings is 2. The van der Waals surface area contributed by atoms with E-state index in [1.807, 2.05) is 6.92 Å². The molecule has 0 saturated carbocycles. The number of fused-ring (bicyclic) bond motifs is 1. The average Bonchev–Trinajstić information content (AvgIpc) is 2.52. The van der Waals surface area contributed by atoms with Gasteiger partial charge >= 0.3 is 0 Å². The van der Waals surface area contributed by atoms with Crippen molar-refractivity contribution in [3.8, 4) is 11.5 Å². The van der Waals surface area contributed by atoms with Crippen molar-refractivity contribution in [1.82, 2.24) is 0 Å². The maximum Gasteiger partial charge on any atom is 0.268 e. The molecule has 4 nitrogen and oxygen atoms in total. The van der Waals surface area contributed by atoms with Crippen molar-refractivity contribution in [2.24, 2.45) is 0 Å². The molecule has 114 valence electrons. The molecule has 0 aromatic heterocycles. The highest BCUT2D eigenvalue weighted by atomic mass is 19.1. The van der Waals surface area contributed by atoms with Crippen molar-refractivity contribution in [3.05, 3.63) is 53.8 Å². The van der Waals surface area contributed by atoms with Gasteiger partial charge in [0.15, 0.2) is 6.10 Å². The third-order valence-corrected chi connectivity index (χ3v) is 3.70. The molecule has 0 aliphatic carbocycles. The molecule has 22 heavy (non-hydrogen) atoms. The van der Waals surface area contributed by atoms with Crippen LogP contribution in [0.1, 0.15) is 18.9 Å². The Morgan fingerprint density at radius 1 is 1.27 bits per heavy atom. The Balaban J connectivity index is 2.03. The molecule has 1 aliphatic rings. The molecule has 3 rings (SSSR count). The van der Waals surface area contributed by atoms with E-state index in [9.17, 15) is 14.3 Å². The average molecular weight is 301 g/mol. The van der Waals surface area contributed by atoms with Gasteiger partial charge in [0.25, 0.3) is 5.91 Å². The van der Waals surface area contributed by atoms with Gasteiger partial charge in [-0.2, -0.15) is 0 Å². The first kappa shape index (κ1) is 14.4. The van der Waals surface area contributed by atoms with Crippen molar-refractivity contribution < 1.29 is 19.0 Å². The fraction of sp³-hybridized carbons (Fsp3) is 0.235. The standard InChI is InChI=1S/C17H16FNO3/c1-2-15-17(21)19(10-11-5-3-4-6-13(11)18)14-9-12(20)7-8-16(14)22-15/h3-9,15,20H,2,10H2,1H3. The Hall–Kier alpha value is -2.56. The maximum absolute atomic E-state index is 13.9. The zero-order valence-electron chi connectivity index (χ0n) is 12.1. The topological polar surface area (TPSA) is 49.8 Å². The lowest BCUT2D eigenvalue weighted by atomic mass is 10.1. The van der Waals surface area contributed by atoms with Gasteiger partial charge < -0.3 is 14.7 Å². The van der Waals surface area contributed by atoms with Gasteiger partial charge in [0.1, 0.15) is 17.3 Å². The van der Waals surface area contributed by atoms with Crippen LogP contribution in [0.2, 0.25) is 0 Å². The molecule has 0 spiro atoms. The zero-order chi connectivity index (χ0) is 15.7. The van der Waals surface area contributed by atoms with Crippen LogP contribution in [-0.2, 0) is 11.3 Å². The Bertz CT molecular complexity index is 717. The number of rotatable bonds is 3. The first-order valence-electron chi connectivity index (χ1n) is 7.14. The van der Waals surface area contributed by atoms with E-state index in [-0.39, 0.29) is 24.0 Å². The number of carbonyl (C=O) groups excluding carboxylic acids is 1. The lowest BCUT2D eigenvalue weighted by Gasteiger charge is -2.34. The number of phenolic OH excluding ortho intramolecular Hbond substituents is 1. The molecule has 1 amide bonds. The molecule has 2 aromatic carbocycles. The number of ether oxygens (including phenoxy) is 1. The summed E-state index contributed by atoms with van der Waals surface area (Å²) in [5, 5.41) is 9.67. The predicted octanol–water partition coefficient (Wildman–Crippen LogP) is 3.24. The van der Waals surface area contributed by atoms with Gasteiger partial charge in [0.2, 0.25) is 0 Å². The Labute approximate surface area is 127 Å². The van der Waals surface area contributed by atoms with Gasteiger partial charge in [0.05, 0.1) is 12.2 Å². The minimum atomic E-state index is -0.594. The Kier molecular flexibility index (Phi) is 3.71. The second kappa shape index (κ2) is 5.67. The molecule has 2 aromatic rings. The molecule has 1 heterocycles. The smallest absolute Gasteiger partial charge is 0.268 e. The monoisotopic (exact) mass is 301 g/mol. The highest BCUT2D eigenvalue weighted by molar-refractivity contribution is 6.00. The van der Waals surface area contributed by atoms with E-state index in [1.54, 1.807) is 24.3 Å². The van der Waals surface area contributed by atoms with Gasteiger partial charge in [-0.15, -0.1) is 0 Å². The summed E-state index contributed by atoms with van der Waals surface area (Å²) in [7, 11) is 0. The second-order valence-electron chi connectivity index (χ2n) is 5.18. The van der Waals surface area contributed by atoms with Crippen molar-refractivity contribution >= 4 is 11.6 Å². The molecule has 5 heteroatoms. The molecule has 1 unspecified atom stereocenters. The minimum absolute atomic E-state index is 0.0311.